The van der Waals surface area contributed by atoms with Gasteiger partial charge in [-0.3, -0.25) is 0 Å². The quantitative estimate of drug-likeness (QED) is 0.835. The van der Waals surface area contributed by atoms with Crippen molar-refractivity contribution >= 4 is 0 Å². The third-order valence-corrected chi connectivity index (χ3v) is 2.97. The van der Waals surface area contributed by atoms with Gasteiger partial charge in [0.2, 0.25) is 5.88 Å². The third-order valence-electron chi connectivity index (χ3n) is 2.97. The molecule has 1 aliphatic heterocycles. The van der Waals surface area contributed by atoms with Crippen molar-refractivity contribution in [3.63, 3.8) is 0 Å². The molecule has 1 N–H and O–H groups in total. The highest BCUT2D eigenvalue weighted by molar-refractivity contribution is 5.25. The Kier molecular flexibility index (Phi) is 3.41. The van der Waals surface area contributed by atoms with Crippen molar-refractivity contribution in [3.05, 3.63) is 23.9 Å². The van der Waals surface area contributed by atoms with Crippen molar-refractivity contribution in [1.82, 2.24) is 10.3 Å². The molecular weight excluding hydrogens is 204 g/mol. The van der Waals surface area contributed by atoms with Gasteiger partial charge in [-0.25, -0.2) is 4.98 Å². The highest BCUT2D eigenvalue weighted by Gasteiger charge is 2.28. The Bertz CT molecular complexity index is 349. The summed E-state index contributed by atoms with van der Waals surface area (Å²) in [6, 6.07) is 3.95. The van der Waals surface area contributed by atoms with E-state index >= 15 is 0 Å². The standard InChI is InChI=1S/C12H18N2O2/c1-12(5-7-16-9-12)14-8-10-4-3-6-13-11(10)15-2/h3-4,6,14H,5,7-9H2,1-2H3. The minimum absolute atomic E-state index is 0.0842. The Hall–Kier alpha value is -1.13. The molecule has 16 heavy (non-hydrogen) atoms. The molecule has 0 amide bonds. The molecule has 1 atom stereocenters. The smallest absolute Gasteiger partial charge is 0.217 e. The fourth-order valence-corrected chi connectivity index (χ4v) is 1.86. The lowest BCUT2D eigenvalue weighted by atomic mass is 10.0. The molecule has 4 heteroatoms. The lowest BCUT2D eigenvalue weighted by Gasteiger charge is -2.23. The van der Waals surface area contributed by atoms with Gasteiger partial charge in [0.25, 0.3) is 0 Å². The van der Waals surface area contributed by atoms with Crippen LogP contribution >= 0.6 is 0 Å². The second-order valence-electron chi connectivity index (χ2n) is 4.39. The van der Waals surface area contributed by atoms with Gasteiger partial charge < -0.3 is 14.8 Å². The Morgan fingerprint density at radius 1 is 1.62 bits per heavy atom. The predicted octanol–water partition coefficient (Wildman–Crippen LogP) is 1.36. The molecule has 0 aromatic carbocycles. The Morgan fingerprint density at radius 2 is 2.50 bits per heavy atom. The zero-order valence-corrected chi connectivity index (χ0v) is 9.82. The zero-order valence-electron chi connectivity index (χ0n) is 9.82. The summed E-state index contributed by atoms with van der Waals surface area (Å²) in [5.74, 6) is 0.692. The topological polar surface area (TPSA) is 43.4 Å². The normalized spacial score (nSPS) is 24.6. The summed E-state index contributed by atoms with van der Waals surface area (Å²) in [7, 11) is 1.65. The van der Waals surface area contributed by atoms with Crippen LogP contribution in [0, 0.1) is 0 Å². The monoisotopic (exact) mass is 222 g/mol. The van der Waals surface area contributed by atoms with Gasteiger partial charge in [-0.15, -0.1) is 0 Å². The van der Waals surface area contributed by atoms with E-state index in [0.717, 1.165) is 31.7 Å². The molecule has 2 heterocycles. The number of nitrogens with one attached hydrogen (secondary N) is 1. The van der Waals surface area contributed by atoms with Gasteiger partial charge in [0.1, 0.15) is 0 Å². The van der Waals surface area contributed by atoms with Crippen molar-refractivity contribution in [2.45, 2.75) is 25.4 Å². The van der Waals surface area contributed by atoms with E-state index < -0.39 is 0 Å². The first-order chi connectivity index (χ1) is 7.73. The highest BCUT2D eigenvalue weighted by atomic mass is 16.5. The number of rotatable bonds is 4. The van der Waals surface area contributed by atoms with Crippen LogP contribution in [0.3, 0.4) is 0 Å². The van der Waals surface area contributed by atoms with Gasteiger partial charge in [0.15, 0.2) is 0 Å². The van der Waals surface area contributed by atoms with Crippen LogP contribution in [0.25, 0.3) is 0 Å². The predicted molar refractivity (Wildman–Crippen MR) is 61.5 cm³/mol. The number of ether oxygens (including phenoxy) is 2. The third kappa shape index (κ3) is 2.51. The fraction of sp³-hybridized carbons (Fsp3) is 0.583. The largest absolute Gasteiger partial charge is 0.481 e. The summed E-state index contributed by atoms with van der Waals surface area (Å²) in [6.45, 7) is 4.56. The van der Waals surface area contributed by atoms with Gasteiger partial charge in [-0.1, -0.05) is 6.07 Å². The van der Waals surface area contributed by atoms with Crippen molar-refractivity contribution in [1.29, 1.82) is 0 Å². The molecule has 2 rings (SSSR count). The van der Waals surface area contributed by atoms with E-state index in [0.29, 0.717) is 5.88 Å². The van der Waals surface area contributed by atoms with Crippen LogP contribution in [-0.2, 0) is 11.3 Å². The van der Waals surface area contributed by atoms with Gasteiger partial charge in [-0.05, 0) is 19.4 Å². The van der Waals surface area contributed by atoms with Crippen LogP contribution in [-0.4, -0.2) is 30.8 Å². The Balaban J connectivity index is 1.98. The molecular formula is C12H18N2O2. The fourth-order valence-electron chi connectivity index (χ4n) is 1.86. The molecule has 1 aromatic heterocycles. The van der Waals surface area contributed by atoms with Gasteiger partial charge in [-0.2, -0.15) is 0 Å². The van der Waals surface area contributed by atoms with Gasteiger partial charge in [0, 0.05) is 30.5 Å². The molecule has 88 valence electrons. The van der Waals surface area contributed by atoms with E-state index in [2.05, 4.69) is 17.2 Å². The number of pyridine rings is 1. The van der Waals surface area contributed by atoms with Gasteiger partial charge >= 0.3 is 0 Å². The molecule has 1 saturated heterocycles. The molecule has 4 nitrogen and oxygen atoms in total. The zero-order chi connectivity index (χ0) is 11.4. The van der Waals surface area contributed by atoms with Crippen molar-refractivity contribution < 1.29 is 9.47 Å². The summed E-state index contributed by atoms with van der Waals surface area (Å²) in [5.41, 5.74) is 1.17. The Labute approximate surface area is 96.0 Å². The molecule has 0 radical (unpaired) electrons. The molecule has 1 unspecified atom stereocenters. The van der Waals surface area contributed by atoms with Crippen molar-refractivity contribution in [2.75, 3.05) is 20.3 Å². The number of hydrogen-bond donors (Lipinski definition) is 1. The first kappa shape index (κ1) is 11.4. The summed E-state index contributed by atoms with van der Waals surface area (Å²) in [4.78, 5) is 4.17. The van der Waals surface area contributed by atoms with E-state index in [-0.39, 0.29) is 5.54 Å². The maximum atomic E-state index is 5.40. The first-order valence-electron chi connectivity index (χ1n) is 5.54. The average Bonchev–Trinajstić information content (AvgIpc) is 2.74. The molecule has 0 aliphatic carbocycles. The minimum atomic E-state index is 0.0842. The van der Waals surface area contributed by atoms with Crippen LogP contribution < -0.4 is 10.1 Å². The molecule has 0 spiro atoms. The Morgan fingerprint density at radius 3 is 3.19 bits per heavy atom. The first-order valence-corrected chi connectivity index (χ1v) is 5.54. The SMILES string of the molecule is COc1ncccc1CNC1(C)CCOC1. The average molecular weight is 222 g/mol. The highest BCUT2D eigenvalue weighted by Crippen LogP contribution is 2.20. The van der Waals surface area contributed by atoms with E-state index in [1.54, 1.807) is 13.3 Å². The maximum absolute atomic E-state index is 5.40. The number of nitrogens with zero attached hydrogens (tertiary/aromatic N) is 1. The van der Waals surface area contributed by atoms with Gasteiger partial charge in [0.05, 0.1) is 13.7 Å². The summed E-state index contributed by atoms with van der Waals surface area (Å²) in [6.07, 6.45) is 2.79. The maximum Gasteiger partial charge on any atom is 0.217 e. The molecule has 1 aliphatic rings. The van der Waals surface area contributed by atoms with E-state index in [9.17, 15) is 0 Å². The molecule has 0 bridgehead atoms. The summed E-state index contributed by atoms with van der Waals surface area (Å²) in [5, 5.41) is 3.50. The molecule has 1 fully saturated rings. The number of aromatic nitrogens is 1. The van der Waals surface area contributed by atoms with Crippen LogP contribution in [0.5, 0.6) is 5.88 Å². The minimum Gasteiger partial charge on any atom is -0.481 e. The number of hydrogen-bond acceptors (Lipinski definition) is 4. The second kappa shape index (κ2) is 4.80. The second-order valence-corrected chi connectivity index (χ2v) is 4.39. The lowest BCUT2D eigenvalue weighted by Crippen LogP contribution is -2.42. The van der Waals surface area contributed by atoms with E-state index in [1.165, 1.54) is 0 Å². The van der Waals surface area contributed by atoms with E-state index in [4.69, 9.17) is 9.47 Å². The van der Waals surface area contributed by atoms with Crippen LogP contribution in [0.4, 0.5) is 0 Å². The molecule has 0 saturated carbocycles. The molecule has 1 aromatic rings. The van der Waals surface area contributed by atoms with Crippen LogP contribution in [0.2, 0.25) is 0 Å². The summed E-state index contributed by atoms with van der Waals surface area (Å²) >= 11 is 0. The van der Waals surface area contributed by atoms with Crippen LogP contribution in [0.1, 0.15) is 18.9 Å². The summed E-state index contributed by atoms with van der Waals surface area (Å²) < 4.78 is 10.6. The van der Waals surface area contributed by atoms with Crippen molar-refractivity contribution in [2.24, 2.45) is 0 Å². The lowest BCUT2D eigenvalue weighted by molar-refractivity contribution is 0.171. The van der Waals surface area contributed by atoms with Crippen molar-refractivity contribution in [3.8, 4) is 5.88 Å². The number of methoxy groups -OCH3 is 1. The van der Waals surface area contributed by atoms with E-state index in [1.807, 2.05) is 12.1 Å². The van der Waals surface area contributed by atoms with Crippen LogP contribution in [0.15, 0.2) is 18.3 Å².